The molecule has 2 aliphatic heterocycles. The molecule has 0 aliphatic carbocycles. The van der Waals surface area contributed by atoms with E-state index in [-0.39, 0.29) is 24.4 Å². The van der Waals surface area contributed by atoms with Crippen LogP contribution in [0, 0.1) is 19.3 Å². The number of furan rings is 1. The van der Waals surface area contributed by atoms with E-state index in [2.05, 4.69) is 22.5 Å². The molecule has 0 saturated carbocycles. The smallest absolute Gasteiger partial charge is 0.255 e. The van der Waals surface area contributed by atoms with Crippen molar-refractivity contribution in [2.75, 3.05) is 32.7 Å². The summed E-state index contributed by atoms with van der Waals surface area (Å²) in [6.07, 6.45) is 3.33. The van der Waals surface area contributed by atoms with Crippen LogP contribution in [0.15, 0.2) is 10.5 Å². The van der Waals surface area contributed by atoms with Crippen LogP contribution >= 0.6 is 12.4 Å². The van der Waals surface area contributed by atoms with Crippen molar-refractivity contribution >= 4 is 18.3 Å². The van der Waals surface area contributed by atoms with E-state index in [9.17, 15) is 4.79 Å². The highest BCUT2D eigenvalue weighted by molar-refractivity contribution is 5.95. The minimum atomic E-state index is 0. The summed E-state index contributed by atoms with van der Waals surface area (Å²) in [6.45, 7) is 11.7. The second-order valence-corrected chi connectivity index (χ2v) is 7.59. The summed E-state index contributed by atoms with van der Waals surface area (Å²) in [7, 11) is 0. The van der Waals surface area contributed by atoms with E-state index in [0.717, 1.165) is 44.8 Å². The third-order valence-corrected chi connectivity index (χ3v) is 5.27. The number of likely N-dealkylation sites (tertiary alicyclic amines) is 1. The number of carbonyl (C=O) groups is 1. The van der Waals surface area contributed by atoms with Crippen LogP contribution < -0.4 is 10.6 Å². The highest BCUT2D eigenvalue weighted by Gasteiger charge is 2.32. The van der Waals surface area contributed by atoms with Crippen molar-refractivity contribution in [2.24, 2.45) is 5.41 Å². The van der Waals surface area contributed by atoms with E-state index >= 15 is 0 Å². The lowest BCUT2D eigenvalue weighted by Crippen LogP contribution is -2.47. The molecular weight excluding hydrogens is 326 g/mol. The van der Waals surface area contributed by atoms with Crippen molar-refractivity contribution in [1.29, 1.82) is 0 Å². The molecule has 0 radical (unpaired) electrons. The van der Waals surface area contributed by atoms with Gasteiger partial charge in [0.15, 0.2) is 0 Å². The van der Waals surface area contributed by atoms with Gasteiger partial charge in [0.25, 0.3) is 5.91 Å². The number of piperidine rings is 1. The van der Waals surface area contributed by atoms with Crippen molar-refractivity contribution in [2.45, 2.75) is 46.1 Å². The van der Waals surface area contributed by atoms with Gasteiger partial charge in [-0.25, -0.2) is 0 Å². The Labute approximate surface area is 150 Å². The van der Waals surface area contributed by atoms with Gasteiger partial charge in [-0.1, -0.05) is 6.92 Å². The fourth-order valence-corrected chi connectivity index (χ4v) is 3.90. The average Bonchev–Trinajstić information content (AvgIpc) is 3.07. The number of rotatable bonds is 4. The third kappa shape index (κ3) is 4.52. The van der Waals surface area contributed by atoms with E-state index in [0.29, 0.717) is 16.7 Å². The highest BCUT2D eigenvalue weighted by Crippen LogP contribution is 2.27. The first kappa shape index (κ1) is 19.3. The summed E-state index contributed by atoms with van der Waals surface area (Å²) in [5.41, 5.74) is 1.09. The van der Waals surface area contributed by atoms with Gasteiger partial charge in [0, 0.05) is 32.2 Å². The predicted molar refractivity (Wildman–Crippen MR) is 98.0 cm³/mol. The summed E-state index contributed by atoms with van der Waals surface area (Å²) in [5.74, 6) is 1.50. The van der Waals surface area contributed by atoms with Crippen molar-refractivity contribution in [3.63, 3.8) is 0 Å². The standard InChI is InChI=1S/C18H29N3O2.ClH/c1-13-10-16(14(2)23-13)17(22)20-15-4-8-21(9-5-15)12-18(3)6-7-19-11-18;/h10,15,19H,4-9,11-12H2,1-3H3,(H,20,22);1H. The Morgan fingerprint density at radius 2 is 2.12 bits per heavy atom. The second kappa shape index (κ2) is 7.89. The van der Waals surface area contributed by atoms with Crippen LogP contribution in [-0.2, 0) is 0 Å². The minimum Gasteiger partial charge on any atom is -0.466 e. The van der Waals surface area contributed by atoms with Gasteiger partial charge in [0.2, 0.25) is 0 Å². The number of hydrogen-bond acceptors (Lipinski definition) is 4. The number of carbonyl (C=O) groups excluding carboxylic acids is 1. The van der Waals surface area contributed by atoms with Crippen molar-refractivity contribution in [3.8, 4) is 0 Å². The van der Waals surface area contributed by atoms with Crippen molar-refractivity contribution < 1.29 is 9.21 Å². The van der Waals surface area contributed by atoms with Gasteiger partial charge in [0.1, 0.15) is 11.5 Å². The molecule has 0 aromatic carbocycles. The Morgan fingerprint density at radius 1 is 1.42 bits per heavy atom. The summed E-state index contributed by atoms with van der Waals surface area (Å²) >= 11 is 0. The molecule has 2 N–H and O–H groups in total. The normalized spacial score (nSPS) is 25.5. The van der Waals surface area contributed by atoms with Gasteiger partial charge in [-0.15, -0.1) is 12.4 Å². The molecule has 6 heteroatoms. The van der Waals surface area contributed by atoms with E-state index < -0.39 is 0 Å². The number of amides is 1. The fraction of sp³-hybridized carbons (Fsp3) is 0.722. The molecule has 2 aliphatic rings. The number of hydrogen-bond donors (Lipinski definition) is 2. The highest BCUT2D eigenvalue weighted by atomic mass is 35.5. The maximum atomic E-state index is 12.4. The third-order valence-electron chi connectivity index (χ3n) is 5.27. The second-order valence-electron chi connectivity index (χ2n) is 7.59. The Kier molecular flexibility index (Phi) is 6.34. The molecule has 3 heterocycles. The van der Waals surface area contributed by atoms with Crippen LogP contribution in [0.4, 0.5) is 0 Å². The van der Waals surface area contributed by atoms with Crippen LogP contribution in [0.2, 0.25) is 0 Å². The SMILES string of the molecule is Cc1cc(C(=O)NC2CCN(CC3(C)CCNC3)CC2)c(C)o1.Cl. The van der Waals surface area contributed by atoms with Gasteiger partial charge in [-0.2, -0.15) is 0 Å². The van der Waals surface area contributed by atoms with Gasteiger partial charge >= 0.3 is 0 Å². The molecule has 1 unspecified atom stereocenters. The van der Waals surface area contributed by atoms with Crippen LogP contribution in [0.3, 0.4) is 0 Å². The summed E-state index contributed by atoms with van der Waals surface area (Å²) in [6, 6.07) is 2.11. The molecule has 24 heavy (non-hydrogen) atoms. The maximum Gasteiger partial charge on any atom is 0.255 e. The summed E-state index contributed by atoms with van der Waals surface area (Å²) in [4.78, 5) is 14.9. The number of halogens is 1. The van der Waals surface area contributed by atoms with Crippen LogP contribution in [-0.4, -0.2) is 49.6 Å². The quantitative estimate of drug-likeness (QED) is 0.871. The number of nitrogens with one attached hydrogen (secondary N) is 2. The molecule has 1 aromatic rings. The fourth-order valence-electron chi connectivity index (χ4n) is 3.90. The monoisotopic (exact) mass is 355 g/mol. The van der Waals surface area contributed by atoms with Gasteiger partial charge in [-0.3, -0.25) is 4.79 Å². The minimum absolute atomic E-state index is 0. The average molecular weight is 356 g/mol. The van der Waals surface area contributed by atoms with E-state index in [1.165, 1.54) is 13.0 Å². The van der Waals surface area contributed by atoms with E-state index in [1.807, 2.05) is 19.9 Å². The molecule has 1 amide bonds. The zero-order valence-electron chi connectivity index (χ0n) is 15.0. The Morgan fingerprint density at radius 3 is 2.67 bits per heavy atom. The molecule has 3 rings (SSSR count). The molecule has 5 nitrogen and oxygen atoms in total. The molecule has 136 valence electrons. The first-order valence-corrected chi connectivity index (χ1v) is 8.76. The first-order chi connectivity index (χ1) is 11.0. The predicted octanol–water partition coefficient (Wildman–Crippen LogP) is 2.51. The lowest BCUT2D eigenvalue weighted by atomic mass is 9.88. The van der Waals surface area contributed by atoms with E-state index in [1.54, 1.807) is 0 Å². The molecule has 0 spiro atoms. The van der Waals surface area contributed by atoms with Crippen LogP contribution in [0.25, 0.3) is 0 Å². The van der Waals surface area contributed by atoms with Crippen molar-refractivity contribution in [3.05, 3.63) is 23.2 Å². The lowest BCUT2D eigenvalue weighted by Gasteiger charge is -2.37. The Balaban J connectivity index is 0.00000208. The Hall–Kier alpha value is -1.04. The first-order valence-electron chi connectivity index (χ1n) is 8.76. The molecule has 2 fully saturated rings. The maximum absolute atomic E-state index is 12.4. The largest absolute Gasteiger partial charge is 0.466 e. The van der Waals surface area contributed by atoms with E-state index in [4.69, 9.17) is 4.42 Å². The van der Waals surface area contributed by atoms with Crippen LogP contribution in [0.5, 0.6) is 0 Å². The van der Waals surface area contributed by atoms with Gasteiger partial charge in [-0.05, 0) is 51.1 Å². The Bertz CT molecular complexity index is 559. The summed E-state index contributed by atoms with van der Waals surface area (Å²) in [5, 5.41) is 6.65. The molecule has 1 atom stereocenters. The zero-order chi connectivity index (χ0) is 16.4. The number of aryl methyl sites for hydroxylation is 2. The molecule has 0 bridgehead atoms. The zero-order valence-corrected chi connectivity index (χ0v) is 15.8. The molecule has 2 saturated heterocycles. The topological polar surface area (TPSA) is 57.5 Å². The lowest BCUT2D eigenvalue weighted by molar-refractivity contribution is 0.0890. The molecule has 1 aromatic heterocycles. The van der Waals surface area contributed by atoms with Gasteiger partial charge < -0.3 is 20.0 Å². The van der Waals surface area contributed by atoms with Gasteiger partial charge in [0.05, 0.1) is 5.56 Å². The molecular formula is C18H30ClN3O2. The van der Waals surface area contributed by atoms with Crippen LogP contribution in [0.1, 0.15) is 48.1 Å². The number of nitrogens with zero attached hydrogens (tertiary/aromatic N) is 1. The van der Waals surface area contributed by atoms with Crippen molar-refractivity contribution in [1.82, 2.24) is 15.5 Å². The summed E-state index contributed by atoms with van der Waals surface area (Å²) < 4.78 is 5.45.